The minimum absolute atomic E-state index is 0.137. The van der Waals surface area contributed by atoms with Gasteiger partial charge in [0.05, 0.1) is 24.2 Å². The molecular formula is C27H25BrFN3O3. The van der Waals surface area contributed by atoms with Gasteiger partial charge in [0.25, 0.3) is 5.56 Å². The second-order valence-corrected chi connectivity index (χ2v) is 9.92. The summed E-state index contributed by atoms with van der Waals surface area (Å²) in [4.78, 5) is 18.2. The molecule has 0 amide bonds. The predicted molar refractivity (Wildman–Crippen MR) is 139 cm³/mol. The van der Waals surface area contributed by atoms with Gasteiger partial charge >= 0.3 is 0 Å². The minimum Gasteiger partial charge on any atom is -0.493 e. The van der Waals surface area contributed by atoms with Crippen molar-refractivity contribution in [3.8, 4) is 11.5 Å². The molecule has 4 rings (SSSR count). The zero-order valence-corrected chi connectivity index (χ0v) is 21.5. The third-order valence-corrected chi connectivity index (χ3v) is 5.79. The van der Waals surface area contributed by atoms with Gasteiger partial charge in [-0.05, 0) is 48.0 Å². The number of methoxy groups -OCH3 is 1. The summed E-state index contributed by atoms with van der Waals surface area (Å²) in [5, 5.41) is 4.99. The average molecular weight is 538 g/mol. The van der Waals surface area contributed by atoms with Gasteiger partial charge < -0.3 is 9.47 Å². The SMILES string of the molecule is COc1cccc(C=Nn2c(C(C)(C)C)nc3ccc(Br)cc3c2=O)c1OCc1cccc(F)c1. The first-order valence-corrected chi connectivity index (χ1v) is 11.8. The number of nitrogens with zero attached hydrogens (tertiary/aromatic N) is 3. The normalized spacial score (nSPS) is 11.8. The molecule has 4 aromatic rings. The molecular weight excluding hydrogens is 513 g/mol. The van der Waals surface area contributed by atoms with Crippen molar-refractivity contribution < 1.29 is 13.9 Å². The van der Waals surface area contributed by atoms with E-state index < -0.39 is 5.41 Å². The molecule has 0 fully saturated rings. The summed E-state index contributed by atoms with van der Waals surface area (Å²) in [5.74, 6) is 1.12. The van der Waals surface area contributed by atoms with Gasteiger partial charge in [-0.15, -0.1) is 0 Å². The summed E-state index contributed by atoms with van der Waals surface area (Å²) < 4.78 is 27.2. The molecule has 0 radical (unpaired) electrons. The summed E-state index contributed by atoms with van der Waals surface area (Å²) in [7, 11) is 1.54. The molecule has 1 heterocycles. The topological polar surface area (TPSA) is 65.7 Å². The Balaban J connectivity index is 1.79. The van der Waals surface area contributed by atoms with Gasteiger partial charge in [0.15, 0.2) is 11.5 Å². The van der Waals surface area contributed by atoms with E-state index in [-0.39, 0.29) is 18.0 Å². The molecule has 0 unspecified atom stereocenters. The molecule has 0 aliphatic carbocycles. The molecule has 8 heteroatoms. The summed E-state index contributed by atoms with van der Waals surface area (Å²) >= 11 is 3.42. The average Bonchev–Trinajstić information content (AvgIpc) is 2.82. The van der Waals surface area contributed by atoms with Crippen LogP contribution in [0.4, 0.5) is 4.39 Å². The lowest BCUT2D eigenvalue weighted by molar-refractivity contribution is 0.283. The Bertz CT molecular complexity index is 1480. The molecule has 180 valence electrons. The zero-order chi connectivity index (χ0) is 25.2. The Hall–Kier alpha value is -3.52. The Kier molecular flexibility index (Phi) is 7.03. The number of rotatable bonds is 6. The van der Waals surface area contributed by atoms with Crippen LogP contribution in [0.1, 0.15) is 37.7 Å². The largest absolute Gasteiger partial charge is 0.493 e. The fourth-order valence-corrected chi connectivity index (χ4v) is 3.95. The molecule has 35 heavy (non-hydrogen) atoms. The second-order valence-electron chi connectivity index (χ2n) is 9.01. The van der Waals surface area contributed by atoms with Crippen LogP contribution >= 0.6 is 15.9 Å². The summed E-state index contributed by atoms with van der Waals surface area (Å²) in [5.41, 5.74) is 1.16. The van der Waals surface area contributed by atoms with E-state index in [1.54, 1.807) is 49.7 Å². The first kappa shape index (κ1) is 24.6. The molecule has 0 saturated carbocycles. The molecule has 1 aromatic heterocycles. The third kappa shape index (κ3) is 5.43. The maximum absolute atomic E-state index is 13.6. The Labute approximate surface area is 211 Å². The Morgan fingerprint density at radius 1 is 1.11 bits per heavy atom. The fourth-order valence-electron chi connectivity index (χ4n) is 3.59. The van der Waals surface area contributed by atoms with Crippen molar-refractivity contribution in [2.24, 2.45) is 5.10 Å². The van der Waals surface area contributed by atoms with Crippen LogP contribution in [0.2, 0.25) is 0 Å². The second kappa shape index (κ2) is 10.00. The highest BCUT2D eigenvalue weighted by atomic mass is 79.9. The van der Waals surface area contributed by atoms with E-state index in [1.807, 2.05) is 32.9 Å². The van der Waals surface area contributed by atoms with Crippen molar-refractivity contribution >= 4 is 33.0 Å². The van der Waals surface area contributed by atoms with Crippen molar-refractivity contribution in [3.63, 3.8) is 0 Å². The van der Waals surface area contributed by atoms with E-state index in [0.717, 1.165) is 4.47 Å². The number of benzene rings is 3. The standard InChI is InChI=1S/C27H25BrFN3O3/c1-27(2,3)26-31-22-12-11-19(28)14-21(22)25(33)32(26)30-15-18-8-6-10-23(34-4)24(18)35-16-17-7-5-9-20(29)13-17/h5-15H,16H2,1-4H3. The lowest BCUT2D eigenvalue weighted by Crippen LogP contribution is -2.29. The van der Waals surface area contributed by atoms with Crippen LogP contribution in [0.5, 0.6) is 11.5 Å². The number of para-hydroxylation sites is 1. The van der Waals surface area contributed by atoms with Crippen molar-refractivity contribution in [2.75, 3.05) is 7.11 Å². The van der Waals surface area contributed by atoms with Gasteiger partial charge in [0.2, 0.25) is 0 Å². The molecule has 3 aromatic carbocycles. The van der Waals surface area contributed by atoms with Crippen molar-refractivity contribution in [1.29, 1.82) is 0 Å². The van der Waals surface area contributed by atoms with E-state index in [1.165, 1.54) is 16.8 Å². The molecule has 0 aliphatic heterocycles. The van der Waals surface area contributed by atoms with Crippen LogP contribution in [0.25, 0.3) is 10.9 Å². The maximum atomic E-state index is 13.6. The first-order chi connectivity index (χ1) is 16.7. The predicted octanol–water partition coefficient (Wildman–Crippen LogP) is 6.07. The molecule has 0 N–H and O–H groups in total. The highest BCUT2D eigenvalue weighted by Gasteiger charge is 2.23. The van der Waals surface area contributed by atoms with Gasteiger partial charge in [0.1, 0.15) is 18.2 Å². The molecule has 0 aliphatic rings. The third-order valence-electron chi connectivity index (χ3n) is 5.29. The van der Waals surface area contributed by atoms with Gasteiger partial charge in [-0.3, -0.25) is 4.79 Å². The van der Waals surface area contributed by atoms with Crippen LogP contribution < -0.4 is 15.0 Å². The summed E-state index contributed by atoms with van der Waals surface area (Å²) in [6.45, 7) is 6.07. The smallest absolute Gasteiger partial charge is 0.282 e. The van der Waals surface area contributed by atoms with Crippen LogP contribution in [-0.2, 0) is 12.0 Å². The van der Waals surface area contributed by atoms with E-state index in [4.69, 9.17) is 14.5 Å². The number of hydrogen-bond donors (Lipinski definition) is 0. The fraction of sp³-hybridized carbons (Fsp3) is 0.222. The van der Waals surface area contributed by atoms with Crippen molar-refractivity contribution in [1.82, 2.24) is 9.66 Å². The minimum atomic E-state index is -0.442. The summed E-state index contributed by atoms with van der Waals surface area (Å²) in [6, 6.07) is 17.0. The van der Waals surface area contributed by atoms with Crippen LogP contribution in [0, 0.1) is 5.82 Å². The van der Waals surface area contributed by atoms with Crippen molar-refractivity contribution in [3.05, 3.63) is 98.3 Å². The maximum Gasteiger partial charge on any atom is 0.282 e. The Morgan fingerprint density at radius 3 is 2.60 bits per heavy atom. The number of ether oxygens (including phenoxy) is 2. The number of hydrogen-bond acceptors (Lipinski definition) is 5. The quantitative estimate of drug-likeness (QED) is 0.280. The van der Waals surface area contributed by atoms with Crippen LogP contribution in [0.15, 0.2) is 75.0 Å². The van der Waals surface area contributed by atoms with Gasteiger partial charge in [0, 0.05) is 15.5 Å². The Morgan fingerprint density at radius 2 is 1.89 bits per heavy atom. The molecule has 0 bridgehead atoms. The molecule has 0 spiro atoms. The molecule has 0 saturated heterocycles. The van der Waals surface area contributed by atoms with Gasteiger partial charge in [-0.2, -0.15) is 9.78 Å². The van der Waals surface area contributed by atoms with Crippen LogP contribution in [-0.4, -0.2) is 23.0 Å². The van der Waals surface area contributed by atoms with E-state index in [9.17, 15) is 9.18 Å². The highest BCUT2D eigenvalue weighted by molar-refractivity contribution is 9.10. The van der Waals surface area contributed by atoms with E-state index in [2.05, 4.69) is 21.0 Å². The van der Waals surface area contributed by atoms with Gasteiger partial charge in [-0.1, -0.05) is 54.9 Å². The molecule has 0 atom stereocenters. The lowest BCUT2D eigenvalue weighted by atomic mass is 9.95. The summed E-state index contributed by atoms with van der Waals surface area (Å²) in [6.07, 6.45) is 1.55. The highest BCUT2D eigenvalue weighted by Crippen LogP contribution is 2.31. The number of fused-ring (bicyclic) bond motifs is 1. The van der Waals surface area contributed by atoms with Gasteiger partial charge in [-0.25, -0.2) is 9.37 Å². The molecule has 6 nitrogen and oxygen atoms in total. The zero-order valence-electron chi connectivity index (χ0n) is 19.9. The van der Waals surface area contributed by atoms with Crippen molar-refractivity contribution in [2.45, 2.75) is 32.8 Å². The monoisotopic (exact) mass is 537 g/mol. The van der Waals surface area contributed by atoms with Crippen LogP contribution in [0.3, 0.4) is 0 Å². The first-order valence-electron chi connectivity index (χ1n) is 11.0. The number of aromatic nitrogens is 2. The number of halogens is 2. The van der Waals surface area contributed by atoms with E-state index >= 15 is 0 Å². The lowest BCUT2D eigenvalue weighted by Gasteiger charge is -2.21. The van der Waals surface area contributed by atoms with E-state index in [0.29, 0.717) is 39.4 Å².